The number of hydrogen-bond donors (Lipinski definition) is 1. The summed E-state index contributed by atoms with van der Waals surface area (Å²) < 4.78 is 43.0. The van der Waals surface area contributed by atoms with Crippen LogP contribution >= 0.6 is 0 Å². The predicted molar refractivity (Wildman–Crippen MR) is 63.4 cm³/mol. The molecule has 18 heavy (non-hydrogen) atoms. The van der Waals surface area contributed by atoms with E-state index in [-0.39, 0.29) is 18.9 Å². The van der Waals surface area contributed by atoms with Crippen molar-refractivity contribution >= 4 is 0 Å². The van der Waals surface area contributed by atoms with Crippen molar-refractivity contribution in [2.24, 2.45) is 5.92 Å². The highest BCUT2D eigenvalue weighted by Gasteiger charge is 2.41. The summed E-state index contributed by atoms with van der Waals surface area (Å²) in [6.45, 7) is 1.73. The average Bonchev–Trinajstić information content (AvgIpc) is 2.82. The van der Waals surface area contributed by atoms with Crippen molar-refractivity contribution in [3.05, 3.63) is 0 Å². The molecule has 2 rings (SSSR count). The third-order valence-corrected chi connectivity index (χ3v) is 4.11. The lowest BCUT2D eigenvalue weighted by molar-refractivity contribution is -0.182. The van der Waals surface area contributed by atoms with Crippen LogP contribution in [0.15, 0.2) is 0 Å². The van der Waals surface area contributed by atoms with Gasteiger partial charge >= 0.3 is 6.18 Å². The van der Waals surface area contributed by atoms with Gasteiger partial charge in [-0.2, -0.15) is 13.2 Å². The van der Waals surface area contributed by atoms with E-state index in [1.54, 1.807) is 0 Å². The lowest BCUT2D eigenvalue weighted by Gasteiger charge is -2.30. The maximum absolute atomic E-state index is 12.5. The van der Waals surface area contributed by atoms with Gasteiger partial charge in [0.1, 0.15) is 0 Å². The maximum Gasteiger partial charge on any atom is 0.391 e. The predicted octanol–water partition coefficient (Wildman–Crippen LogP) is 3.27. The minimum atomic E-state index is -4.00. The quantitative estimate of drug-likeness (QED) is 0.842. The molecule has 5 heteroatoms. The van der Waals surface area contributed by atoms with Crippen LogP contribution in [0.2, 0.25) is 0 Å². The van der Waals surface area contributed by atoms with Gasteiger partial charge in [0.05, 0.1) is 12.0 Å². The Kier molecular flexibility index (Phi) is 4.90. The summed E-state index contributed by atoms with van der Waals surface area (Å²) in [5.74, 6) is -1.08. The minimum absolute atomic E-state index is 0.269. The Bertz CT molecular complexity index is 243. The Morgan fingerprint density at radius 3 is 2.33 bits per heavy atom. The minimum Gasteiger partial charge on any atom is -0.378 e. The van der Waals surface area contributed by atoms with Crippen LogP contribution in [-0.2, 0) is 4.74 Å². The summed E-state index contributed by atoms with van der Waals surface area (Å²) in [7, 11) is 0. The maximum atomic E-state index is 12.5. The van der Waals surface area contributed by atoms with Gasteiger partial charge in [-0.25, -0.2) is 0 Å². The number of hydrogen-bond acceptors (Lipinski definition) is 2. The van der Waals surface area contributed by atoms with Gasteiger partial charge in [-0.1, -0.05) is 0 Å². The zero-order valence-corrected chi connectivity index (χ0v) is 10.6. The molecule has 1 aliphatic heterocycles. The van der Waals surface area contributed by atoms with Crippen LogP contribution in [0.1, 0.15) is 44.9 Å². The largest absolute Gasteiger partial charge is 0.391 e. The highest BCUT2D eigenvalue weighted by molar-refractivity contribution is 4.81. The molecule has 0 aromatic rings. The molecular weight excluding hydrogens is 243 g/mol. The molecule has 2 aliphatic rings. The van der Waals surface area contributed by atoms with Gasteiger partial charge in [-0.05, 0) is 51.5 Å². The molecule has 1 saturated heterocycles. The summed E-state index contributed by atoms with van der Waals surface area (Å²) in [5.41, 5.74) is 0. The van der Waals surface area contributed by atoms with Gasteiger partial charge in [-0.3, -0.25) is 0 Å². The number of halogens is 3. The Morgan fingerprint density at radius 1 is 1.06 bits per heavy atom. The summed E-state index contributed by atoms with van der Waals surface area (Å²) in [6.07, 6.45) is 1.48. The summed E-state index contributed by atoms with van der Waals surface area (Å²) >= 11 is 0. The Morgan fingerprint density at radius 2 is 1.78 bits per heavy atom. The van der Waals surface area contributed by atoms with E-state index in [0.29, 0.717) is 18.9 Å². The van der Waals surface area contributed by atoms with Crippen molar-refractivity contribution in [3.63, 3.8) is 0 Å². The number of ether oxygens (including phenoxy) is 1. The second-order valence-corrected chi connectivity index (χ2v) is 5.47. The molecule has 106 valence electrons. The SMILES string of the molecule is FC(F)(F)C1CCC(NCCC2CCCO2)CC1. The molecule has 1 atom stereocenters. The van der Waals surface area contributed by atoms with Crippen molar-refractivity contribution in [2.45, 2.75) is 63.3 Å². The van der Waals surface area contributed by atoms with E-state index in [1.165, 1.54) is 0 Å². The first-order chi connectivity index (χ1) is 8.55. The molecule has 1 N–H and O–H groups in total. The van der Waals surface area contributed by atoms with E-state index in [2.05, 4.69) is 5.32 Å². The van der Waals surface area contributed by atoms with E-state index in [1.807, 2.05) is 0 Å². The van der Waals surface area contributed by atoms with E-state index in [4.69, 9.17) is 4.74 Å². The topological polar surface area (TPSA) is 21.3 Å². The molecule has 0 aromatic heterocycles. The van der Waals surface area contributed by atoms with Gasteiger partial charge in [0, 0.05) is 12.6 Å². The molecule has 0 bridgehead atoms. The van der Waals surface area contributed by atoms with Crippen LogP contribution < -0.4 is 5.32 Å². The smallest absolute Gasteiger partial charge is 0.378 e. The zero-order chi connectivity index (χ0) is 13.0. The molecular formula is C13H22F3NO. The zero-order valence-electron chi connectivity index (χ0n) is 10.6. The monoisotopic (exact) mass is 265 g/mol. The van der Waals surface area contributed by atoms with E-state index < -0.39 is 12.1 Å². The number of nitrogens with one attached hydrogen (secondary N) is 1. The van der Waals surface area contributed by atoms with Gasteiger partial charge in [0.25, 0.3) is 0 Å². The second-order valence-electron chi connectivity index (χ2n) is 5.47. The third-order valence-electron chi connectivity index (χ3n) is 4.11. The second kappa shape index (κ2) is 6.24. The van der Waals surface area contributed by atoms with Crippen LogP contribution in [-0.4, -0.2) is 31.5 Å². The van der Waals surface area contributed by atoms with Crippen LogP contribution in [0, 0.1) is 5.92 Å². The van der Waals surface area contributed by atoms with E-state index in [9.17, 15) is 13.2 Å². The molecule has 0 spiro atoms. The molecule has 1 aliphatic carbocycles. The first-order valence-corrected chi connectivity index (χ1v) is 6.97. The van der Waals surface area contributed by atoms with Crippen molar-refractivity contribution in [3.8, 4) is 0 Å². The molecule has 2 fully saturated rings. The van der Waals surface area contributed by atoms with E-state index >= 15 is 0 Å². The van der Waals surface area contributed by atoms with Crippen molar-refractivity contribution in [2.75, 3.05) is 13.2 Å². The van der Waals surface area contributed by atoms with Crippen LogP contribution in [0.4, 0.5) is 13.2 Å². The fourth-order valence-corrected chi connectivity index (χ4v) is 2.95. The standard InChI is InChI=1S/C13H22F3NO/c14-13(15,16)10-3-5-11(6-4-10)17-8-7-12-2-1-9-18-12/h10-12,17H,1-9H2. The number of rotatable bonds is 4. The van der Waals surface area contributed by atoms with Crippen LogP contribution in [0.3, 0.4) is 0 Å². The first kappa shape index (κ1) is 14.1. The molecule has 1 saturated carbocycles. The van der Waals surface area contributed by atoms with Gasteiger partial charge in [0.15, 0.2) is 0 Å². The summed E-state index contributed by atoms with van der Waals surface area (Å²) in [4.78, 5) is 0. The van der Waals surface area contributed by atoms with Gasteiger partial charge in [-0.15, -0.1) is 0 Å². The average molecular weight is 265 g/mol. The highest BCUT2D eigenvalue weighted by Crippen LogP contribution is 2.37. The van der Waals surface area contributed by atoms with Crippen LogP contribution in [0.5, 0.6) is 0 Å². The Balaban J connectivity index is 1.58. The van der Waals surface area contributed by atoms with Gasteiger partial charge < -0.3 is 10.1 Å². The number of alkyl halides is 3. The molecule has 2 nitrogen and oxygen atoms in total. The van der Waals surface area contributed by atoms with Crippen LogP contribution in [0.25, 0.3) is 0 Å². The Labute approximate surface area is 106 Å². The normalized spacial score (nSPS) is 33.8. The van der Waals surface area contributed by atoms with Crippen molar-refractivity contribution in [1.29, 1.82) is 0 Å². The summed E-state index contributed by atoms with van der Waals surface area (Å²) in [6, 6.07) is 0.269. The fourth-order valence-electron chi connectivity index (χ4n) is 2.95. The molecule has 0 radical (unpaired) electrons. The molecule has 0 amide bonds. The van der Waals surface area contributed by atoms with Crippen molar-refractivity contribution in [1.82, 2.24) is 5.32 Å². The lowest BCUT2D eigenvalue weighted by atomic mass is 9.85. The van der Waals surface area contributed by atoms with Gasteiger partial charge in [0.2, 0.25) is 0 Å². The Hall–Kier alpha value is -0.290. The molecule has 1 heterocycles. The fraction of sp³-hybridized carbons (Fsp3) is 1.00. The third kappa shape index (κ3) is 4.12. The highest BCUT2D eigenvalue weighted by atomic mass is 19.4. The molecule has 1 unspecified atom stereocenters. The molecule has 0 aromatic carbocycles. The first-order valence-electron chi connectivity index (χ1n) is 6.97. The summed E-state index contributed by atoms with van der Waals surface area (Å²) in [5, 5.41) is 3.37. The van der Waals surface area contributed by atoms with Crippen molar-refractivity contribution < 1.29 is 17.9 Å². The van der Waals surface area contributed by atoms with E-state index in [0.717, 1.165) is 32.4 Å². The lowest BCUT2D eigenvalue weighted by Crippen LogP contribution is -2.38.